The Balaban J connectivity index is 2.68. The molecule has 0 radical (unpaired) electrons. The molecule has 2 heterocycles. The van der Waals surface area contributed by atoms with Crippen LogP contribution in [0.4, 0.5) is 0 Å². The maximum Gasteiger partial charge on any atom is 0.0967 e. The number of hydrogen-bond acceptors (Lipinski definition) is 4. The third kappa shape index (κ3) is 2.53. The Labute approximate surface area is 142 Å². The third-order valence-electron chi connectivity index (χ3n) is 4.97. The van der Waals surface area contributed by atoms with Crippen LogP contribution in [0.5, 0.6) is 0 Å². The number of allylic oxidation sites excluding steroid dienone is 6. The molecular weight excluding hydrogens is 308 g/mol. The smallest absolute Gasteiger partial charge is 0.0967 e. The Morgan fingerprint density at radius 2 is 1.23 bits per heavy atom. The van der Waals surface area contributed by atoms with Gasteiger partial charge in [-0.05, 0) is 23.7 Å². The van der Waals surface area contributed by atoms with Crippen LogP contribution >= 0.6 is 23.5 Å². The highest BCUT2D eigenvalue weighted by atomic mass is 32.2. The first-order valence-electron chi connectivity index (χ1n) is 7.46. The predicted molar refractivity (Wildman–Crippen MR) is 96.1 cm³/mol. The van der Waals surface area contributed by atoms with Gasteiger partial charge in [0.1, 0.15) is 0 Å². The number of thioether (sulfide) groups is 2. The molecule has 0 amide bonds. The van der Waals surface area contributed by atoms with E-state index in [2.05, 4.69) is 65.8 Å². The summed E-state index contributed by atoms with van der Waals surface area (Å²) in [6, 6.07) is 4.77. The molecule has 22 heavy (non-hydrogen) atoms. The standard InChI is InChI=1S/C18H22N2S2/c1-11-7-17(5,13(3)21-11)15(9-19)16(10-20)18(6)8-12(2)22-14(18)4/h7-8,13-14H,1-6H3. The molecule has 2 nitrogen and oxygen atoms in total. The zero-order valence-electron chi connectivity index (χ0n) is 14.0. The molecule has 2 rings (SSSR count). The van der Waals surface area contributed by atoms with Gasteiger partial charge in [-0.3, -0.25) is 0 Å². The van der Waals surface area contributed by atoms with Crippen LogP contribution < -0.4 is 0 Å². The van der Waals surface area contributed by atoms with Gasteiger partial charge in [-0.2, -0.15) is 10.5 Å². The van der Waals surface area contributed by atoms with E-state index in [1.165, 1.54) is 9.81 Å². The lowest BCUT2D eigenvalue weighted by molar-refractivity contribution is 0.482. The Hall–Kier alpha value is -1.10. The Kier molecular flexibility index (Phi) is 4.58. The summed E-state index contributed by atoms with van der Waals surface area (Å²) in [6.07, 6.45) is 4.32. The summed E-state index contributed by atoms with van der Waals surface area (Å²) in [5.74, 6) is 0. The maximum absolute atomic E-state index is 9.86. The van der Waals surface area contributed by atoms with E-state index in [-0.39, 0.29) is 21.3 Å². The molecule has 0 aromatic carbocycles. The molecule has 4 atom stereocenters. The number of nitrogens with zero attached hydrogens (tertiary/aromatic N) is 2. The minimum atomic E-state index is -0.369. The van der Waals surface area contributed by atoms with E-state index in [0.29, 0.717) is 11.1 Å². The van der Waals surface area contributed by atoms with Crippen molar-refractivity contribution < 1.29 is 0 Å². The van der Waals surface area contributed by atoms with E-state index in [4.69, 9.17) is 0 Å². The van der Waals surface area contributed by atoms with Gasteiger partial charge in [0.25, 0.3) is 0 Å². The monoisotopic (exact) mass is 330 g/mol. The second-order valence-corrected chi connectivity index (χ2v) is 9.74. The van der Waals surface area contributed by atoms with E-state index in [0.717, 1.165) is 0 Å². The number of rotatable bonds is 2. The fraction of sp³-hybridized carbons (Fsp3) is 0.556. The van der Waals surface area contributed by atoms with Gasteiger partial charge in [-0.15, -0.1) is 23.5 Å². The van der Waals surface area contributed by atoms with Crippen molar-refractivity contribution in [3.63, 3.8) is 0 Å². The number of nitriles is 2. The second-order valence-electron chi connectivity index (χ2n) is 6.57. The quantitative estimate of drug-likeness (QED) is 0.634. The van der Waals surface area contributed by atoms with Crippen molar-refractivity contribution in [3.05, 3.63) is 33.1 Å². The van der Waals surface area contributed by atoms with Gasteiger partial charge in [0, 0.05) is 21.3 Å². The molecule has 0 N–H and O–H groups in total. The minimum absolute atomic E-state index is 0.267. The lowest BCUT2D eigenvalue weighted by Crippen LogP contribution is -2.31. The Bertz CT molecular complexity index is 616. The van der Waals surface area contributed by atoms with Gasteiger partial charge in [-0.25, -0.2) is 0 Å². The van der Waals surface area contributed by atoms with E-state index < -0.39 is 0 Å². The van der Waals surface area contributed by atoms with Crippen LogP contribution in [0.3, 0.4) is 0 Å². The van der Waals surface area contributed by atoms with Crippen molar-refractivity contribution >= 4 is 23.5 Å². The first-order valence-corrected chi connectivity index (χ1v) is 9.22. The molecule has 0 aromatic rings. The average molecular weight is 331 g/mol. The Morgan fingerprint density at radius 3 is 1.41 bits per heavy atom. The van der Waals surface area contributed by atoms with Gasteiger partial charge < -0.3 is 0 Å². The van der Waals surface area contributed by atoms with Crippen LogP contribution in [-0.2, 0) is 0 Å². The molecule has 0 aliphatic carbocycles. The van der Waals surface area contributed by atoms with Crippen molar-refractivity contribution in [3.8, 4) is 12.1 Å². The van der Waals surface area contributed by atoms with Gasteiger partial charge >= 0.3 is 0 Å². The highest BCUT2D eigenvalue weighted by Gasteiger charge is 2.46. The minimum Gasteiger partial charge on any atom is -0.193 e. The van der Waals surface area contributed by atoms with Crippen molar-refractivity contribution in [1.82, 2.24) is 0 Å². The van der Waals surface area contributed by atoms with Crippen LogP contribution in [0.1, 0.15) is 41.5 Å². The molecular formula is C18H22N2S2. The van der Waals surface area contributed by atoms with Crippen LogP contribution in [0.15, 0.2) is 33.1 Å². The highest BCUT2D eigenvalue weighted by molar-refractivity contribution is 8.04. The largest absolute Gasteiger partial charge is 0.193 e. The molecule has 0 saturated carbocycles. The lowest BCUT2D eigenvalue weighted by Gasteiger charge is -2.33. The molecule has 0 spiro atoms. The average Bonchev–Trinajstić information content (AvgIpc) is 2.83. The van der Waals surface area contributed by atoms with Crippen molar-refractivity contribution in [2.24, 2.45) is 10.8 Å². The van der Waals surface area contributed by atoms with Gasteiger partial charge in [0.2, 0.25) is 0 Å². The molecule has 4 unspecified atom stereocenters. The lowest BCUT2D eigenvalue weighted by atomic mass is 9.70. The summed E-state index contributed by atoms with van der Waals surface area (Å²) >= 11 is 3.58. The topological polar surface area (TPSA) is 47.6 Å². The normalized spacial score (nSPS) is 38.7. The summed E-state index contributed by atoms with van der Waals surface area (Å²) in [7, 11) is 0. The molecule has 2 aliphatic rings. The summed E-state index contributed by atoms with van der Waals surface area (Å²) < 4.78 is 0. The fourth-order valence-corrected chi connectivity index (χ4v) is 5.99. The SMILES string of the molecule is CC1=CC(C)(C(C#N)=C(C#N)C2(C)C=C(C)SC2C)C(C)S1. The summed E-state index contributed by atoms with van der Waals surface area (Å²) in [5, 5.41) is 20.3. The molecule has 0 saturated heterocycles. The number of hydrogen-bond donors (Lipinski definition) is 0. The summed E-state index contributed by atoms with van der Waals surface area (Å²) in [4.78, 5) is 2.46. The van der Waals surface area contributed by atoms with Gasteiger partial charge in [0.05, 0.1) is 23.3 Å². The van der Waals surface area contributed by atoms with Crippen LogP contribution in [0.25, 0.3) is 0 Å². The van der Waals surface area contributed by atoms with Crippen LogP contribution in [0, 0.1) is 33.5 Å². The molecule has 4 heteroatoms. The first-order chi connectivity index (χ1) is 10.2. The molecule has 0 aromatic heterocycles. The fourth-order valence-electron chi connectivity index (χ4n) is 3.39. The molecule has 116 valence electrons. The van der Waals surface area contributed by atoms with Crippen LogP contribution in [-0.4, -0.2) is 10.5 Å². The zero-order chi connectivity index (χ0) is 16.7. The predicted octanol–water partition coefficient (Wildman–Crippen LogP) is 5.42. The summed E-state index contributed by atoms with van der Waals surface area (Å²) in [6.45, 7) is 12.6. The van der Waals surface area contributed by atoms with E-state index in [1.54, 1.807) is 23.5 Å². The van der Waals surface area contributed by atoms with Gasteiger partial charge in [-0.1, -0.05) is 39.8 Å². The molecule has 0 fully saturated rings. The van der Waals surface area contributed by atoms with Crippen molar-refractivity contribution in [2.75, 3.05) is 0 Å². The maximum atomic E-state index is 9.86. The van der Waals surface area contributed by atoms with Gasteiger partial charge in [0.15, 0.2) is 0 Å². The van der Waals surface area contributed by atoms with E-state index >= 15 is 0 Å². The molecule has 2 aliphatic heterocycles. The highest BCUT2D eigenvalue weighted by Crippen LogP contribution is 2.55. The Morgan fingerprint density at radius 1 is 0.909 bits per heavy atom. The summed E-state index contributed by atoms with van der Waals surface area (Å²) in [5.41, 5.74) is 0.527. The second kappa shape index (κ2) is 5.84. The van der Waals surface area contributed by atoms with E-state index in [9.17, 15) is 10.5 Å². The van der Waals surface area contributed by atoms with Crippen LogP contribution in [0.2, 0.25) is 0 Å². The van der Waals surface area contributed by atoms with E-state index in [1.807, 2.05) is 0 Å². The molecule has 0 bridgehead atoms. The zero-order valence-corrected chi connectivity index (χ0v) is 15.7. The third-order valence-corrected chi connectivity index (χ3v) is 7.64. The van der Waals surface area contributed by atoms with Crippen molar-refractivity contribution in [2.45, 2.75) is 52.0 Å². The van der Waals surface area contributed by atoms with Crippen molar-refractivity contribution in [1.29, 1.82) is 10.5 Å². The first kappa shape index (κ1) is 17.3.